The summed E-state index contributed by atoms with van der Waals surface area (Å²) >= 11 is 1.68. The minimum atomic E-state index is -0.884. The van der Waals surface area contributed by atoms with E-state index in [0.717, 1.165) is 5.75 Å². The van der Waals surface area contributed by atoms with Crippen molar-refractivity contribution < 1.29 is 24.2 Å². The van der Waals surface area contributed by atoms with Crippen LogP contribution in [-0.2, 0) is 16.0 Å². The first-order valence-electron chi connectivity index (χ1n) is 7.35. The third-order valence-electron chi connectivity index (χ3n) is 3.82. The second kappa shape index (κ2) is 8.10. The van der Waals surface area contributed by atoms with Gasteiger partial charge in [0, 0.05) is 23.6 Å². The van der Waals surface area contributed by atoms with Gasteiger partial charge in [-0.1, -0.05) is 6.07 Å². The van der Waals surface area contributed by atoms with Crippen LogP contribution in [0.2, 0.25) is 0 Å². The molecular weight excluding hydrogens is 318 g/mol. The number of carboxylic acid groups (broad SMARTS) is 1. The Morgan fingerprint density at radius 3 is 2.52 bits per heavy atom. The highest BCUT2D eigenvalue weighted by atomic mass is 32.2. The SMILES string of the molecule is COc1cccc(OC)c1CC(=O)N1CCSCC1CC(=O)O. The van der Waals surface area contributed by atoms with Gasteiger partial charge in [0.05, 0.1) is 33.1 Å². The number of ether oxygens (including phenoxy) is 2. The number of hydrogen-bond acceptors (Lipinski definition) is 5. The lowest BCUT2D eigenvalue weighted by atomic mass is 10.1. The number of methoxy groups -OCH3 is 2. The first-order chi connectivity index (χ1) is 11.1. The molecule has 0 spiro atoms. The molecule has 1 aromatic rings. The smallest absolute Gasteiger partial charge is 0.305 e. The average Bonchev–Trinajstić information content (AvgIpc) is 2.54. The standard InChI is InChI=1S/C16H21NO5S/c1-21-13-4-3-5-14(22-2)12(13)9-15(18)17-6-7-23-10-11(17)8-16(19)20/h3-5,11H,6-10H2,1-2H3,(H,19,20). The molecule has 0 aliphatic carbocycles. The Bertz CT molecular complexity index is 555. The first-order valence-corrected chi connectivity index (χ1v) is 8.51. The molecule has 1 amide bonds. The molecule has 1 N–H and O–H groups in total. The van der Waals surface area contributed by atoms with Crippen LogP contribution >= 0.6 is 11.8 Å². The van der Waals surface area contributed by atoms with Crippen molar-refractivity contribution in [2.24, 2.45) is 0 Å². The lowest BCUT2D eigenvalue weighted by Gasteiger charge is -2.35. The Morgan fingerprint density at radius 1 is 1.30 bits per heavy atom. The molecule has 6 nitrogen and oxygen atoms in total. The van der Waals surface area contributed by atoms with Crippen molar-refractivity contribution in [1.82, 2.24) is 4.90 Å². The van der Waals surface area contributed by atoms with Gasteiger partial charge >= 0.3 is 5.97 Å². The molecule has 1 saturated heterocycles. The summed E-state index contributed by atoms with van der Waals surface area (Å²) < 4.78 is 10.6. The zero-order valence-corrected chi connectivity index (χ0v) is 14.1. The zero-order valence-electron chi connectivity index (χ0n) is 13.3. The molecule has 1 aliphatic rings. The molecule has 2 rings (SSSR count). The Balaban J connectivity index is 2.18. The molecule has 1 unspecified atom stereocenters. The van der Waals surface area contributed by atoms with Crippen LogP contribution in [0.5, 0.6) is 11.5 Å². The maximum atomic E-state index is 12.7. The first kappa shape index (κ1) is 17.5. The van der Waals surface area contributed by atoms with Gasteiger partial charge in [0.15, 0.2) is 0 Å². The third-order valence-corrected chi connectivity index (χ3v) is 4.91. The van der Waals surface area contributed by atoms with Crippen LogP contribution in [0.4, 0.5) is 0 Å². The Labute approximate surface area is 139 Å². The van der Waals surface area contributed by atoms with Gasteiger partial charge in [-0.15, -0.1) is 0 Å². The largest absolute Gasteiger partial charge is 0.496 e. The number of aliphatic carboxylic acids is 1. The van der Waals surface area contributed by atoms with Crippen LogP contribution in [0.3, 0.4) is 0 Å². The molecule has 126 valence electrons. The average molecular weight is 339 g/mol. The van der Waals surface area contributed by atoms with Crippen molar-refractivity contribution in [3.63, 3.8) is 0 Å². The highest BCUT2D eigenvalue weighted by Crippen LogP contribution is 2.30. The normalized spacial score (nSPS) is 17.7. The molecule has 23 heavy (non-hydrogen) atoms. The van der Waals surface area contributed by atoms with Crippen LogP contribution in [0.25, 0.3) is 0 Å². The molecule has 0 aromatic heterocycles. The van der Waals surface area contributed by atoms with Crippen molar-refractivity contribution in [3.8, 4) is 11.5 Å². The molecule has 1 fully saturated rings. The molecular formula is C16H21NO5S. The number of benzene rings is 1. The summed E-state index contributed by atoms with van der Waals surface area (Å²) in [6, 6.07) is 5.10. The van der Waals surface area contributed by atoms with Crippen LogP contribution in [0.1, 0.15) is 12.0 Å². The van der Waals surface area contributed by atoms with Gasteiger partial charge in [-0.3, -0.25) is 9.59 Å². The van der Waals surface area contributed by atoms with Gasteiger partial charge in [0.1, 0.15) is 11.5 Å². The molecule has 7 heteroatoms. The van der Waals surface area contributed by atoms with E-state index >= 15 is 0 Å². The summed E-state index contributed by atoms with van der Waals surface area (Å²) in [6.07, 6.45) is 0.107. The van der Waals surface area contributed by atoms with E-state index in [4.69, 9.17) is 14.6 Å². The van der Waals surface area contributed by atoms with E-state index in [1.165, 1.54) is 0 Å². The molecule has 0 bridgehead atoms. The van der Waals surface area contributed by atoms with Crippen LogP contribution < -0.4 is 9.47 Å². The fourth-order valence-corrected chi connectivity index (χ4v) is 3.77. The van der Waals surface area contributed by atoms with Crippen molar-refractivity contribution in [2.75, 3.05) is 32.3 Å². The van der Waals surface area contributed by atoms with E-state index in [9.17, 15) is 9.59 Å². The number of nitrogens with zero attached hydrogens (tertiary/aromatic N) is 1. The van der Waals surface area contributed by atoms with Crippen molar-refractivity contribution in [3.05, 3.63) is 23.8 Å². The molecule has 1 aromatic carbocycles. The van der Waals surface area contributed by atoms with Gasteiger partial charge in [0.25, 0.3) is 0 Å². The Morgan fingerprint density at radius 2 is 1.96 bits per heavy atom. The summed E-state index contributed by atoms with van der Waals surface area (Å²) in [5.41, 5.74) is 0.690. The number of carboxylic acids is 1. The fraction of sp³-hybridized carbons (Fsp3) is 0.500. The predicted molar refractivity (Wildman–Crippen MR) is 88.3 cm³/mol. The van der Waals surface area contributed by atoms with E-state index in [-0.39, 0.29) is 24.8 Å². The summed E-state index contributed by atoms with van der Waals surface area (Å²) in [5, 5.41) is 9.03. The van der Waals surface area contributed by atoms with E-state index in [1.807, 2.05) is 0 Å². The third kappa shape index (κ3) is 4.31. The van der Waals surface area contributed by atoms with Crippen LogP contribution in [0, 0.1) is 0 Å². The number of carbonyl (C=O) groups is 2. The Kier molecular flexibility index (Phi) is 6.15. The number of carbonyl (C=O) groups excluding carboxylic acids is 1. The number of rotatable bonds is 6. The fourth-order valence-electron chi connectivity index (χ4n) is 2.71. The number of thioether (sulfide) groups is 1. The summed E-state index contributed by atoms with van der Waals surface area (Å²) in [7, 11) is 3.10. The molecule has 1 heterocycles. The van der Waals surface area contributed by atoms with Gasteiger partial charge in [-0.05, 0) is 12.1 Å². The molecule has 0 radical (unpaired) electrons. The molecule has 1 aliphatic heterocycles. The van der Waals surface area contributed by atoms with Gasteiger partial charge in [0.2, 0.25) is 5.91 Å². The number of amides is 1. The van der Waals surface area contributed by atoms with E-state index in [0.29, 0.717) is 29.4 Å². The predicted octanol–water partition coefficient (Wildman–Crippen LogP) is 1.67. The second-order valence-corrected chi connectivity index (χ2v) is 6.38. The van der Waals surface area contributed by atoms with Crippen molar-refractivity contribution in [1.29, 1.82) is 0 Å². The number of hydrogen-bond donors (Lipinski definition) is 1. The topological polar surface area (TPSA) is 76.1 Å². The highest BCUT2D eigenvalue weighted by Gasteiger charge is 2.29. The molecule has 0 saturated carbocycles. The zero-order chi connectivity index (χ0) is 16.8. The van der Waals surface area contributed by atoms with E-state index in [1.54, 1.807) is 49.1 Å². The van der Waals surface area contributed by atoms with Gasteiger partial charge < -0.3 is 19.5 Å². The van der Waals surface area contributed by atoms with Crippen molar-refractivity contribution in [2.45, 2.75) is 18.9 Å². The van der Waals surface area contributed by atoms with E-state index in [2.05, 4.69) is 0 Å². The quantitative estimate of drug-likeness (QED) is 0.849. The Hall–Kier alpha value is -1.89. The maximum Gasteiger partial charge on any atom is 0.305 e. The van der Waals surface area contributed by atoms with Crippen molar-refractivity contribution >= 4 is 23.6 Å². The summed E-state index contributed by atoms with van der Waals surface area (Å²) in [6.45, 7) is 0.568. The summed E-state index contributed by atoms with van der Waals surface area (Å²) in [4.78, 5) is 25.4. The lowest BCUT2D eigenvalue weighted by molar-refractivity contribution is -0.140. The maximum absolute atomic E-state index is 12.7. The van der Waals surface area contributed by atoms with Gasteiger partial charge in [-0.25, -0.2) is 0 Å². The van der Waals surface area contributed by atoms with Crippen LogP contribution in [0.15, 0.2) is 18.2 Å². The second-order valence-electron chi connectivity index (χ2n) is 5.23. The minimum absolute atomic E-state index is 0.0260. The van der Waals surface area contributed by atoms with E-state index < -0.39 is 5.97 Å². The monoisotopic (exact) mass is 339 g/mol. The summed E-state index contributed by atoms with van der Waals surface area (Å²) in [5.74, 6) is 1.69. The lowest BCUT2D eigenvalue weighted by Crippen LogP contribution is -2.47. The molecule has 1 atom stereocenters. The highest BCUT2D eigenvalue weighted by molar-refractivity contribution is 7.99. The minimum Gasteiger partial charge on any atom is -0.496 e. The van der Waals surface area contributed by atoms with Gasteiger partial charge in [-0.2, -0.15) is 11.8 Å². The van der Waals surface area contributed by atoms with Crippen LogP contribution in [-0.4, -0.2) is 60.2 Å².